The lowest BCUT2D eigenvalue weighted by Gasteiger charge is -2.04. The zero-order chi connectivity index (χ0) is 14.8. The van der Waals surface area contributed by atoms with Crippen molar-refractivity contribution < 1.29 is 9.45 Å². The third-order valence-corrected chi connectivity index (χ3v) is 3.01. The topological polar surface area (TPSA) is 94.1 Å². The highest BCUT2D eigenvalue weighted by Crippen LogP contribution is 2.21. The van der Waals surface area contributed by atoms with Gasteiger partial charge in [0.1, 0.15) is 17.3 Å². The second-order valence-electron chi connectivity index (χ2n) is 4.61. The molecule has 0 saturated carbocycles. The molecule has 1 N–H and O–H groups in total. The zero-order valence-corrected chi connectivity index (χ0v) is 11.2. The van der Waals surface area contributed by atoms with E-state index < -0.39 is 4.92 Å². The summed E-state index contributed by atoms with van der Waals surface area (Å²) in [6.45, 7) is 2.33. The van der Waals surface area contributed by atoms with E-state index in [1.54, 1.807) is 18.2 Å². The van der Waals surface area contributed by atoms with Crippen LogP contribution in [0.4, 0.5) is 11.5 Å². The highest BCUT2D eigenvalue weighted by molar-refractivity contribution is 5.82. The molecule has 3 aromatic rings. The van der Waals surface area contributed by atoms with Crippen LogP contribution in [-0.4, -0.2) is 15.1 Å². The Morgan fingerprint density at radius 2 is 2.14 bits per heavy atom. The summed E-state index contributed by atoms with van der Waals surface area (Å²) < 4.78 is 4.98. The Hall–Kier alpha value is -2.96. The van der Waals surface area contributed by atoms with Crippen molar-refractivity contribution in [2.24, 2.45) is 0 Å². The summed E-state index contributed by atoms with van der Waals surface area (Å²) in [4.78, 5) is 14.7. The first-order valence-corrected chi connectivity index (χ1v) is 6.33. The number of nitro groups is 1. The molecular weight excluding hydrogens is 272 g/mol. The summed E-state index contributed by atoms with van der Waals surface area (Å²) in [5.74, 6) is 1.43. The molecule has 0 fully saturated rings. The van der Waals surface area contributed by atoms with Crippen molar-refractivity contribution in [3.63, 3.8) is 0 Å². The number of hydrogen-bond donors (Lipinski definition) is 1. The summed E-state index contributed by atoms with van der Waals surface area (Å²) in [7, 11) is 0. The molecular formula is C14H12N4O3. The third kappa shape index (κ3) is 2.81. The molecule has 21 heavy (non-hydrogen) atoms. The fraction of sp³-hybridized carbons (Fsp3) is 0.143. The molecule has 3 rings (SSSR count). The van der Waals surface area contributed by atoms with E-state index in [9.17, 15) is 10.1 Å². The van der Waals surface area contributed by atoms with E-state index in [-0.39, 0.29) is 5.69 Å². The molecule has 0 aliphatic heterocycles. The first-order chi connectivity index (χ1) is 10.1. The van der Waals surface area contributed by atoms with E-state index in [4.69, 9.17) is 4.52 Å². The smallest absolute Gasteiger partial charge is 0.270 e. The SMILES string of the molecule is Cc1cc(CNc2ccc3cc([N+](=O)[O-])ccc3n2)no1. The monoisotopic (exact) mass is 284 g/mol. The van der Waals surface area contributed by atoms with Gasteiger partial charge in [-0.25, -0.2) is 4.98 Å². The number of non-ortho nitro benzene ring substituents is 1. The van der Waals surface area contributed by atoms with Gasteiger partial charge in [0.15, 0.2) is 0 Å². The van der Waals surface area contributed by atoms with Crippen LogP contribution in [0.15, 0.2) is 40.9 Å². The molecule has 1 aromatic carbocycles. The van der Waals surface area contributed by atoms with Crippen LogP contribution < -0.4 is 5.32 Å². The maximum atomic E-state index is 10.7. The Morgan fingerprint density at radius 1 is 1.29 bits per heavy atom. The number of aromatic nitrogens is 2. The fourth-order valence-corrected chi connectivity index (χ4v) is 2.01. The molecule has 0 spiro atoms. The fourth-order valence-electron chi connectivity index (χ4n) is 2.01. The average molecular weight is 284 g/mol. The van der Waals surface area contributed by atoms with Crippen molar-refractivity contribution >= 4 is 22.4 Å². The van der Waals surface area contributed by atoms with E-state index >= 15 is 0 Å². The van der Waals surface area contributed by atoms with Crippen molar-refractivity contribution in [1.82, 2.24) is 10.1 Å². The second-order valence-corrected chi connectivity index (χ2v) is 4.61. The molecule has 106 valence electrons. The quantitative estimate of drug-likeness (QED) is 0.584. The number of nitrogens with one attached hydrogen (secondary N) is 1. The van der Waals surface area contributed by atoms with Crippen LogP contribution >= 0.6 is 0 Å². The molecule has 0 amide bonds. The molecule has 0 bridgehead atoms. The first-order valence-electron chi connectivity index (χ1n) is 6.33. The van der Waals surface area contributed by atoms with Gasteiger partial charge in [0.05, 0.1) is 17.0 Å². The Bertz CT molecular complexity index is 813. The van der Waals surface area contributed by atoms with Crippen LogP contribution in [0.3, 0.4) is 0 Å². The summed E-state index contributed by atoms with van der Waals surface area (Å²) in [5.41, 5.74) is 1.54. The van der Waals surface area contributed by atoms with Gasteiger partial charge < -0.3 is 9.84 Å². The molecule has 0 unspecified atom stereocenters. The normalized spacial score (nSPS) is 10.7. The number of pyridine rings is 1. The van der Waals surface area contributed by atoms with Gasteiger partial charge >= 0.3 is 0 Å². The van der Waals surface area contributed by atoms with Gasteiger partial charge in [0.2, 0.25) is 0 Å². The van der Waals surface area contributed by atoms with Crippen molar-refractivity contribution in [1.29, 1.82) is 0 Å². The summed E-state index contributed by atoms with van der Waals surface area (Å²) in [6.07, 6.45) is 0. The lowest BCUT2D eigenvalue weighted by molar-refractivity contribution is -0.384. The van der Waals surface area contributed by atoms with Crippen molar-refractivity contribution in [2.75, 3.05) is 5.32 Å². The first kappa shape index (κ1) is 13.0. The van der Waals surface area contributed by atoms with Crippen molar-refractivity contribution in [3.8, 4) is 0 Å². The van der Waals surface area contributed by atoms with E-state index in [1.165, 1.54) is 12.1 Å². The van der Waals surface area contributed by atoms with Crippen LogP contribution in [0.1, 0.15) is 11.5 Å². The maximum Gasteiger partial charge on any atom is 0.270 e. The van der Waals surface area contributed by atoms with E-state index in [0.717, 1.165) is 16.8 Å². The number of rotatable bonds is 4. The van der Waals surface area contributed by atoms with Crippen molar-refractivity contribution in [2.45, 2.75) is 13.5 Å². The predicted octanol–water partition coefficient (Wildman–Crippen LogP) is 3.05. The molecule has 0 atom stereocenters. The van der Waals surface area contributed by atoms with Crippen LogP contribution in [-0.2, 0) is 6.54 Å². The molecule has 2 heterocycles. The number of nitrogens with zero attached hydrogens (tertiary/aromatic N) is 3. The number of nitro benzene ring substituents is 1. The van der Waals surface area contributed by atoms with Gasteiger partial charge in [0, 0.05) is 23.6 Å². The van der Waals surface area contributed by atoms with Gasteiger partial charge in [-0.1, -0.05) is 5.16 Å². The Kier molecular flexibility index (Phi) is 3.23. The number of aryl methyl sites for hydroxylation is 1. The second kappa shape index (κ2) is 5.20. The molecule has 0 aliphatic rings. The van der Waals surface area contributed by atoms with Gasteiger partial charge in [-0.15, -0.1) is 0 Å². The number of hydrogen-bond acceptors (Lipinski definition) is 6. The standard InChI is InChI=1S/C14H12N4O3/c1-9-6-11(17-21-9)8-15-14-5-2-10-7-12(18(19)20)3-4-13(10)16-14/h2-7H,8H2,1H3,(H,15,16). The largest absolute Gasteiger partial charge is 0.364 e. The molecule has 7 nitrogen and oxygen atoms in total. The Labute approximate surface area is 119 Å². The van der Waals surface area contributed by atoms with Crippen LogP contribution in [0.2, 0.25) is 0 Å². The van der Waals surface area contributed by atoms with Gasteiger partial charge in [-0.3, -0.25) is 10.1 Å². The predicted molar refractivity (Wildman–Crippen MR) is 77.0 cm³/mol. The Morgan fingerprint density at radius 3 is 2.86 bits per heavy atom. The van der Waals surface area contributed by atoms with Gasteiger partial charge in [0.25, 0.3) is 5.69 Å². The highest BCUT2D eigenvalue weighted by atomic mass is 16.6. The zero-order valence-electron chi connectivity index (χ0n) is 11.2. The Balaban J connectivity index is 1.80. The lowest BCUT2D eigenvalue weighted by Crippen LogP contribution is -2.01. The van der Waals surface area contributed by atoms with E-state index in [0.29, 0.717) is 17.9 Å². The van der Waals surface area contributed by atoms with E-state index in [2.05, 4.69) is 15.5 Å². The van der Waals surface area contributed by atoms with Crippen molar-refractivity contribution in [3.05, 3.63) is 58.0 Å². The minimum absolute atomic E-state index is 0.0584. The average Bonchev–Trinajstić information content (AvgIpc) is 2.90. The van der Waals surface area contributed by atoms with Crippen LogP contribution in [0.5, 0.6) is 0 Å². The minimum atomic E-state index is -0.418. The minimum Gasteiger partial charge on any atom is -0.364 e. The summed E-state index contributed by atoms with van der Waals surface area (Å²) in [6, 6.07) is 10.0. The van der Waals surface area contributed by atoms with E-state index in [1.807, 2.05) is 13.0 Å². The summed E-state index contributed by atoms with van der Waals surface area (Å²) in [5, 5.41) is 18.5. The number of anilines is 1. The molecule has 0 aliphatic carbocycles. The van der Waals surface area contributed by atoms with Crippen LogP contribution in [0, 0.1) is 17.0 Å². The van der Waals surface area contributed by atoms with Crippen LogP contribution in [0.25, 0.3) is 10.9 Å². The highest BCUT2D eigenvalue weighted by Gasteiger charge is 2.07. The number of fused-ring (bicyclic) bond motifs is 1. The number of benzene rings is 1. The summed E-state index contributed by atoms with van der Waals surface area (Å²) >= 11 is 0. The maximum absolute atomic E-state index is 10.7. The van der Waals surface area contributed by atoms with Gasteiger partial charge in [-0.2, -0.15) is 0 Å². The molecule has 2 aromatic heterocycles. The van der Waals surface area contributed by atoms with Gasteiger partial charge in [-0.05, 0) is 25.1 Å². The molecule has 7 heteroatoms. The molecule has 0 radical (unpaired) electrons. The molecule has 0 saturated heterocycles. The lowest BCUT2D eigenvalue weighted by atomic mass is 10.2. The third-order valence-electron chi connectivity index (χ3n) is 3.01.